The van der Waals surface area contributed by atoms with Gasteiger partial charge in [-0.15, -0.1) is 0 Å². The van der Waals surface area contributed by atoms with Crippen molar-refractivity contribution in [3.05, 3.63) is 0 Å². The Balaban J connectivity index is 1.83. The average Bonchev–Trinajstić information content (AvgIpc) is 1.97. The Morgan fingerprint density at radius 3 is 2.29 bits per heavy atom. The summed E-state index contributed by atoms with van der Waals surface area (Å²) in [6, 6.07) is 0.193. The van der Waals surface area contributed by atoms with Gasteiger partial charge in [-0.1, -0.05) is 13.3 Å². The molecule has 1 saturated carbocycles. The number of hydrogen-bond acceptors (Lipinski definition) is 2. The number of aliphatic carboxylic acids is 1. The van der Waals surface area contributed by atoms with Crippen LogP contribution in [0.2, 0.25) is 0 Å². The van der Waals surface area contributed by atoms with Crippen molar-refractivity contribution >= 4 is 5.97 Å². The SMILES string of the molecule is CC(C(=O)O)C(C)N1CC2(CCC2)C1. The Morgan fingerprint density at radius 1 is 1.36 bits per heavy atom. The van der Waals surface area contributed by atoms with Crippen LogP contribution >= 0.6 is 0 Å². The van der Waals surface area contributed by atoms with Crippen LogP contribution in [0.4, 0.5) is 0 Å². The Bertz CT molecular complexity index is 240. The summed E-state index contributed by atoms with van der Waals surface area (Å²) in [7, 11) is 0. The first kappa shape index (κ1) is 9.97. The topological polar surface area (TPSA) is 40.5 Å². The van der Waals surface area contributed by atoms with Crippen LogP contribution in [0.3, 0.4) is 0 Å². The maximum atomic E-state index is 10.8. The van der Waals surface area contributed by atoms with Crippen LogP contribution in [0, 0.1) is 11.3 Å². The molecule has 3 nitrogen and oxygen atoms in total. The second-order valence-electron chi connectivity index (χ2n) is 5.13. The third-order valence-corrected chi connectivity index (χ3v) is 4.18. The minimum absolute atomic E-state index is 0.193. The van der Waals surface area contributed by atoms with E-state index in [9.17, 15) is 4.79 Å². The van der Waals surface area contributed by atoms with Crippen molar-refractivity contribution in [1.29, 1.82) is 0 Å². The number of nitrogens with zero attached hydrogens (tertiary/aromatic N) is 1. The quantitative estimate of drug-likeness (QED) is 0.746. The predicted molar refractivity (Wildman–Crippen MR) is 54.1 cm³/mol. The monoisotopic (exact) mass is 197 g/mol. The largest absolute Gasteiger partial charge is 0.481 e. The van der Waals surface area contributed by atoms with Crippen molar-refractivity contribution in [2.75, 3.05) is 13.1 Å². The van der Waals surface area contributed by atoms with Crippen molar-refractivity contribution in [3.63, 3.8) is 0 Å². The Labute approximate surface area is 85.1 Å². The van der Waals surface area contributed by atoms with E-state index >= 15 is 0 Å². The molecule has 80 valence electrons. The van der Waals surface area contributed by atoms with Crippen molar-refractivity contribution in [3.8, 4) is 0 Å². The summed E-state index contributed by atoms with van der Waals surface area (Å²) >= 11 is 0. The van der Waals surface area contributed by atoms with Gasteiger partial charge in [-0.3, -0.25) is 9.69 Å². The minimum atomic E-state index is -0.674. The molecule has 1 N–H and O–H groups in total. The van der Waals surface area contributed by atoms with E-state index in [1.807, 2.05) is 6.92 Å². The van der Waals surface area contributed by atoms with Crippen LogP contribution in [0.25, 0.3) is 0 Å². The molecule has 3 heteroatoms. The lowest BCUT2D eigenvalue weighted by atomic mass is 9.63. The molecular formula is C11H19NO2. The molecule has 1 heterocycles. The maximum Gasteiger partial charge on any atom is 0.307 e. The van der Waals surface area contributed by atoms with Gasteiger partial charge in [0.25, 0.3) is 0 Å². The van der Waals surface area contributed by atoms with E-state index in [4.69, 9.17) is 5.11 Å². The molecule has 1 saturated heterocycles. The van der Waals surface area contributed by atoms with E-state index in [1.165, 1.54) is 19.3 Å². The number of carboxylic acid groups (broad SMARTS) is 1. The highest BCUT2D eigenvalue weighted by Gasteiger charge is 2.49. The van der Waals surface area contributed by atoms with Gasteiger partial charge in [0.15, 0.2) is 0 Å². The second kappa shape index (κ2) is 3.23. The summed E-state index contributed by atoms with van der Waals surface area (Å²) in [5, 5.41) is 8.90. The molecule has 1 aliphatic carbocycles. The summed E-state index contributed by atoms with van der Waals surface area (Å²) in [4.78, 5) is 13.1. The highest BCUT2D eigenvalue weighted by Crippen LogP contribution is 2.49. The molecule has 0 amide bonds. The molecule has 0 bridgehead atoms. The fourth-order valence-electron chi connectivity index (χ4n) is 2.62. The molecule has 0 aromatic carbocycles. The summed E-state index contributed by atoms with van der Waals surface area (Å²) in [6.45, 7) is 6.10. The van der Waals surface area contributed by atoms with Gasteiger partial charge in [0.1, 0.15) is 0 Å². The van der Waals surface area contributed by atoms with E-state index in [-0.39, 0.29) is 12.0 Å². The Hall–Kier alpha value is -0.570. The van der Waals surface area contributed by atoms with Gasteiger partial charge in [0, 0.05) is 19.1 Å². The predicted octanol–water partition coefficient (Wildman–Crippen LogP) is 1.58. The van der Waals surface area contributed by atoms with Gasteiger partial charge in [-0.25, -0.2) is 0 Å². The molecule has 1 spiro atoms. The maximum absolute atomic E-state index is 10.8. The molecule has 0 aromatic rings. The fourth-order valence-corrected chi connectivity index (χ4v) is 2.62. The molecule has 2 fully saturated rings. The van der Waals surface area contributed by atoms with Gasteiger partial charge < -0.3 is 5.11 Å². The molecule has 1 aliphatic heterocycles. The lowest BCUT2D eigenvalue weighted by Gasteiger charge is -2.58. The molecule has 2 rings (SSSR count). The van der Waals surface area contributed by atoms with E-state index in [1.54, 1.807) is 6.92 Å². The zero-order chi connectivity index (χ0) is 10.3. The summed E-state index contributed by atoms with van der Waals surface area (Å²) in [5.74, 6) is -0.917. The van der Waals surface area contributed by atoms with Crippen LogP contribution < -0.4 is 0 Å². The molecule has 2 atom stereocenters. The van der Waals surface area contributed by atoms with Crippen molar-refractivity contribution in [2.24, 2.45) is 11.3 Å². The Morgan fingerprint density at radius 2 is 1.93 bits per heavy atom. The molecule has 0 aromatic heterocycles. The van der Waals surface area contributed by atoms with Gasteiger partial charge in [0.05, 0.1) is 5.92 Å². The van der Waals surface area contributed by atoms with E-state index in [2.05, 4.69) is 4.90 Å². The third kappa shape index (κ3) is 1.44. The van der Waals surface area contributed by atoms with Crippen molar-refractivity contribution in [2.45, 2.75) is 39.2 Å². The number of carbonyl (C=O) groups is 1. The van der Waals surface area contributed by atoms with Crippen LogP contribution in [-0.2, 0) is 4.79 Å². The van der Waals surface area contributed by atoms with Gasteiger partial charge in [-0.2, -0.15) is 0 Å². The fraction of sp³-hybridized carbons (Fsp3) is 0.909. The van der Waals surface area contributed by atoms with Crippen molar-refractivity contribution in [1.82, 2.24) is 4.90 Å². The van der Waals surface area contributed by atoms with Crippen LogP contribution in [0.15, 0.2) is 0 Å². The van der Waals surface area contributed by atoms with Gasteiger partial charge in [0.2, 0.25) is 0 Å². The highest BCUT2D eigenvalue weighted by molar-refractivity contribution is 5.70. The summed E-state index contributed by atoms with van der Waals surface area (Å²) < 4.78 is 0. The van der Waals surface area contributed by atoms with E-state index in [0.717, 1.165) is 13.1 Å². The summed E-state index contributed by atoms with van der Waals surface area (Å²) in [5.41, 5.74) is 0.604. The number of hydrogen-bond donors (Lipinski definition) is 1. The normalized spacial score (nSPS) is 29.0. The summed E-state index contributed by atoms with van der Waals surface area (Å²) in [6.07, 6.45) is 4.09. The standard InChI is InChI=1S/C11H19NO2/c1-8(10(13)14)9(2)12-6-11(7-12)4-3-5-11/h8-9H,3-7H2,1-2H3,(H,13,14). The molecular weight excluding hydrogens is 178 g/mol. The molecule has 14 heavy (non-hydrogen) atoms. The van der Waals surface area contributed by atoms with E-state index in [0.29, 0.717) is 5.41 Å². The van der Waals surface area contributed by atoms with Crippen LogP contribution in [0.1, 0.15) is 33.1 Å². The molecule has 2 aliphatic rings. The smallest absolute Gasteiger partial charge is 0.307 e. The zero-order valence-electron chi connectivity index (χ0n) is 8.99. The lowest BCUT2D eigenvalue weighted by Crippen LogP contribution is -2.63. The van der Waals surface area contributed by atoms with Gasteiger partial charge in [-0.05, 0) is 25.2 Å². The molecule has 0 radical (unpaired) electrons. The number of likely N-dealkylation sites (tertiary alicyclic amines) is 1. The first-order valence-electron chi connectivity index (χ1n) is 5.51. The first-order chi connectivity index (χ1) is 6.54. The number of rotatable bonds is 3. The minimum Gasteiger partial charge on any atom is -0.481 e. The molecule has 2 unspecified atom stereocenters. The lowest BCUT2D eigenvalue weighted by molar-refractivity contribution is -0.148. The van der Waals surface area contributed by atoms with Crippen molar-refractivity contribution < 1.29 is 9.90 Å². The third-order valence-electron chi connectivity index (χ3n) is 4.18. The first-order valence-corrected chi connectivity index (χ1v) is 5.51. The Kier molecular flexibility index (Phi) is 2.30. The zero-order valence-corrected chi connectivity index (χ0v) is 8.99. The van der Waals surface area contributed by atoms with Crippen LogP contribution in [0.5, 0.6) is 0 Å². The highest BCUT2D eigenvalue weighted by atomic mass is 16.4. The van der Waals surface area contributed by atoms with Gasteiger partial charge >= 0.3 is 5.97 Å². The second-order valence-corrected chi connectivity index (χ2v) is 5.13. The van der Waals surface area contributed by atoms with E-state index < -0.39 is 5.97 Å². The van der Waals surface area contributed by atoms with Crippen LogP contribution in [-0.4, -0.2) is 35.1 Å². The average molecular weight is 197 g/mol. The number of carboxylic acids is 1.